The van der Waals surface area contributed by atoms with E-state index in [1.165, 1.54) is 19.3 Å². The molecule has 4 aliphatic rings. The minimum absolute atomic E-state index is 0.0166. The quantitative estimate of drug-likeness (QED) is 0.720. The van der Waals surface area contributed by atoms with Crippen LogP contribution >= 0.6 is 0 Å². The number of hydrogen-bond donors (Lipinski definition) is 2. The molecular formula is C20H29NO2. The number of allylic oxidation sites excluding steroid dienone is 2. The van der Waals surface area contributed by atoms with Gasteiger partial charge < -0.3 is 10.4 Å². The highest BCUT2D eigenvalue weighted by atomic mass is 16.3. The van der Waals surface area contributed by atoms with Gasteiger partial charge in [0.05, 0.1) is 6.10 Å². The van der Waals surface area contributed by atoms with E-state index in [-0.39, 0.29) is 22.8 Å². The van der Waals surface area contributed by atoms with Crippen molar-refractivity contribution in [1.29, 1.82) is 0 Å². The molecule has 0 radical (unpaired) electrons. The molecule has 0 aromatic carbocycles. The lowest BCUT2D eigenvalue weighted by atomic mass is 9.43. The van der Waals surface area contributed by atoms with Crippen molar-refractivity contribution in [1.82, 2.24) is 5.32 Å². The van der Waals surface area contributed by atoms with E-state index in [0.717, 1.165) is 17.7 Å². The normalized spacial score (nSPS) is 47.7. The summed E-state index contributed by atoms with van der Waals surface area (Å²) in [6.07, 6.45) is 8.37. The van der Waals surface area contributed by atoms with Crippen LogP contribution in [0.1, 0.15) is 53.4 Å². The first-order chi connectivity index (χ1) is 10.7. The van der Waals surface area contributed by atoms with Crippen molar-refractivity contribution in [3.63, 3.8) is 0 Å². The first-order valence-electron chi connectivity index (χ1n) is 9.17. The lowest BCUT2D eigenvalue weighted by molar-refractivity contribution is -0.154. The monoisotopic (exact) mass is 315 g/mol. The first kappa shape index (κ1) is 15.4. The number of aliphatic hydroxyl groups is 1. The average Bonchev–Trinajstić information content (AvgIpc) is 2.80. The zero-order valence-corrected chi connectivity index (χ0v) is 14.7. The van der Waals surface area contributed by atoms with Crippen LogP contribution in [0.4, 0.5) is 0 Å². The van der Waals surface area contributed by atoms with Crippen molar-refractivity contribution >= 4 is 5.91 Å². The van der Waals surface area contributed by atoms with Crippen LogP contribution in [0.25, 0.3) is 0 Å². The number of nitrogens with one attached hydrogen (secondary N) is 1. The molecule has 0 bridgehead atoms. The fourth-order valence-corrected chi connectivity index (χ4v) is 6.73. The molecule has 0 spiro atoms. The Hall–Kier alpha value is -1.09. The smallest absolute Gasteiger partial charge is 0.248 e. The molecule has 1 aliphatic heterocycles. The second-order valence-corrected chi connectivity index (χ2v) is 9.28. The summed E-state index contributed by atoms with van der Waals surface area (Å²) < 4.78 is 0. The SMILES string of the molecule is C[C@H]1C2=CC(=O)NC2=C[C@H]2[C@H]1C[C@@H](O)[C@H]1C(C)(C)CCC[C@]21C. The van der Waals surface area contributed by atoms with E-state index in [9.17, 15) is 9.90 Å². The second-order valence-electron chi connectivity index (χ2n) is 9.28. The highest BCUT2D eigenvalue weighted by molar-refractivity contribution is 5.95. The number of aliphatic hydroxyl groups excluding tert-OH is 1. The van der Waals surface area contributed by atoms with Crippen molar-refractivity contribution in [2.24, 2.45) is 34.5 Å². The van der Waals surface area contributed by atoms with Crippen LogP contribution in [0.15, 0.2) is 23.4 Å². The van der Waals surface area contributed by atoms with Crippen LogP contribution in [-0.2, 0) is 4.79 Å². The molecule has 23 heavy (non-hydrogen) atoms. The summed E-state index contributed by atoms with van der Waals surface area (Å²) in [4.78, 5) is 11.8. The van der Waals surface area contributed by atoms with Crippen molar-refractivity contribution in [3.8, 4) is 0 Å². The molecule has 3 aliphatic carbocycles. The molecule has 2 N–H and O–H groups in total. The summed E-state index contributed by atoms with van der Waals surface area (Å²) in [5, 5.41) is 14.1. The summed E-state index contributed by atoms with van der Waals surface area (Å²) in [5.74, 6) is 1.61. The molecule has 4 rings (SSSR count). The largest absolute Gasteiger partial charge is 0.393 e. The average molecular weight is 315 g/mol. The zero-order chi connectivity index (χ0) is 16.6. The van der Waals surface area contributed by atoms with Gasteiger partial charge in [0.1, 0.15) is 0 Å². The molecule has 0 saturated heterocycles. The van der Waals surface area contributed by atoms with Crippen LogP contribution in [0, 0.1) is 34.5 Å². The summed E-state index contributed by atoms with van der Waals surface area (Å²) >= 11 is 0. The molecule has 2 saturated carbocycles. The third-order valence-corrected chi connectivity index (χ3v) is 7.54. The predicted molar refractivity (Wildman–Crippen MR) is 90.3 cm³/mol. The molecular weight excluding hydrogens is 286 g/mol. The van der Waals surface area contributed by atoms with Gasteiger partial charge in [-0.3, -0.25) is 4.79 Å². The second kappa shape index (κ2) is 4.72. The standard InChI is InChI=1S/C20H29NO2/c1-11-12-8-16(22)18-19(2,3)6-5-7-20(18,4)14(12)10-15-13(11)9-17(23)21-15/h9-12,14,16,18,22H,5-8H2,1-4H3,(H,21,23)/t11-,12+,14+,16-,18+,20-/m1/s1. The lowest BCUT2D eigenvalue weighted by Crippen LogP contribution is -2.58. The van der Waals surface area contributed by atoms with E-state index in [1.807, 2.05) is 0 Å². The van der Waals surface area contributed by atoms with Crippen molar-refractivity contribution < 1.29 is 9.90 Å². The Bertz CT molecular complexity index is 617. The molecule has 3 heteroatoms. The van der Waals surface area contributed by atoms with E-state index in [1.54, 1.807) is 6.08 Å². The first-order valence-corrected chi connectivity index (χ1v) is 9.17. The van der Waals surface area contributed by atoms with E-state index in [4.69, 9.17) is 0 Å². The maximum Gasteiger partial charge on any atom is 0.248 e. The van der Waals surface area contributed by atoms with Crippen molar-refractivity contribution in [2.45, 2.75) is 59.5 Å². The highest BCUT2D eigenvalue weighted by Crippen LogP contribution is 2.64. The molecule has 0 unspecified atom stereocenters. The number of hydrogen-bond acceptors (Lipinski definition) is 2. The number of carbonyl (C=O) groups is 1. The summed E-state index contributed by atoms with van der Waals surface area (Å²) in [6, 6.07) is 0. The van der Waals surface area contributed by atoms with Crippen LogP contribution in [0.3, 0.4) is 0 Å². The Labute approximate surface area is 139 Å². The van der Waals surface area contributed by atoms with Gasteiger partial charge in [-0.05, 0) is 59.3 Å². The molecule has 0 aromatic rings. The summed E-state index contributed by atoms with van der Waals surface area (Å²) in [6.45, 7) is 9.30. The zero-order valence-electron chi connectivity index (χ0n) is 14.7. The Balaban J connectivity index is 1.81. The van der Waals surface area contributed by atoms with E-state index in [0.29, 0.717) is 23.7 Å². The van der Waals surface area contributed by atoms with Gasteiger partial charge >= 0.3 is 0 Å². The van der Waals surface area contributed by atoms with Gasteiger partial charge in [-0.25, -0.2) is 0 Å². The van der Waals surface area contributed by atoms with Gasteiger partial charge in [-0.15, -0.1) is 0 Å². The highest BCUT2D eigenvalue weighted by Gasteiger charge is 2.59. The molecule has 1 heterocycles. The van der Waals surface area contributed by atoms with Crippen molar-refractivity contribution in [3.05, 3.63) is 23.4 Å². The third kappa shape index (κ3) is 2.02. The molecule has 6 atom stereocenters. The van der Waals surface area contributed by atoms with Gasteiger partial charge in [0.25, 0.3) is 0 Å². The fourth-order valence-electron chi connectivity index (χ4n) is 6.73. The number of amides is 1. The van der Waals surface area contributed by atoms with Gasteiger partial charge in [-0.2, -0.15) is 0 Å². The molecule has 0 aromatic heterocycles. The topological polar surface area (TPSA) is 49.3 Å². The third-order valence-electron chi connectivity index (χ3n) is 7.54. The summed E-state index contributed by atoms with van der Waals surface area (Å²) in [7, 11) is 0. The molecule has 126 valence electrons. The van der Waals surface area contributed by atoms with Crippen LogP contribution in [0.5, 0.6) is 0 Å². The number of carbonyl (C=O) groups excluding carboxylic acids is 1. The number of fused-ring (bicyclic) bond motifs is 4. The Morgan fingerprint density at radius 3 is 2.74 bits per heavy atom. The molecule has 2 fully saturated rings. The lowest BCUT2D eigenvalue weighted by Gasteiger charge is -2.62. The van der Waals surface area contributed by atoms with Crippen LogP contribution in [0.2, 0.25) is 0 Å². The van der Waals surface area contributed by atoms with Crippen molar-refractivity contribution in [2.75, 3.05) is 0 Å². The fraction of sp³-hybridized carbons (Fsp3) is 0.750. The van der Waals surface area contributed by atoms with E-state index < -0.39 is 0 Å². The van der Waals surface area contributed by atoms with Gasteiger partial charge in [0.15, 0.2) is 0 Å². The summed E-state index contributed by atoms with van der Waals surface area (Å²) in [5.41, 5.74) is 2.52. The van der Waals surface area contributed by atoms with Gasteiger partial charge in [-0.1, -0.05) is 40.2 Å². The van der Waals surface area contributed by atoms with E-state index in [2.05, 4.69) is 39.1 Å². The minimum Gasteiger partial charge on any atom is -0.393 e. The molecule has 1 amide bonds. The maximum absolute atomic E-state index is 11.8. The predicted octanol–water partition coefficient (Wildman–Crippen LogP) is 3.41. The minimum atomic E-state index is -0.223. The van der Waals surface area contributed by atoms with E-state index >= 15 is 0 Å². The Morgan fingerprint density at radius 1 is 1.26 bits per heavy atom. The molecule has 3 nitrogen and oxygen atoms in total. The van der Waals surface area contributed by atoms with Crippen LogP contribution < -0.4 is 5.32 Å². The Morgan fingerprint density at radius 2 is 2.00 bits per heavy atom. The van der Waals surface area contributed by atoms with Crippen LogP contribution in [-0.4, -0.2) is 17.1 Å². The van der Waals surface area contributed by atoms with Gasteiger partial charge in [0, 0.05) is 11.8 Å². The number of rotatable bonds is 0. The van der Waals surface area contributed by atoms with Gasteiger partial charge in [0.2, 0.25) is 5.91 Å². The maximum atomic E-state index is 11.8. The Kier molecular flexibility index (Phi) is 3.17.